The number of rotatable bonds is 5. The number of sulfonamides is 1. The summed E-state index contributed by atoms with van der Waals surface area (Å²) in [6.45, 7) is 4.80. The smallest absolute Gasteiger partial charge is 0.243 e. The van der Waals surface area contributed by atoms with Gasteiger partial charge >= 0.3 is 0 Å². The Hall–Kier alpha value is -1.07. The minimum absolute atomic E-state index is 0.266. The fraction of sp³-hybridized carbons (Fsp3) is 0.455. The highest BCUT2D eigenvalue weighted by Crippen LogP contribution is 2.17. The van der Waals surface area contributed by atoms with Crippen LogP contribution in [0.1, 0.15) is 20.3 Å². The first-order chi connectivity index (χ1) is 7.52. The highest BCUT2D eigenvalue weighted by atomic mass is 32.2. The SMILES string of the molecule is CCCN(CC)S(=O)(=O)c1cccc(N)c1. The van der Waals surface area contributed by atoms with Crippen LogP contribution in [0.2, 0.25) is 0 Å². The van der Waals surface area contributed by atoms with Crippen LogP contribution in [0.15, 0.2) is 29.2 Å². The monoisotopic (exact) mass is 242 g/mol. The van der Waals surface area contributed by atoms with Crippen molar-refractivity contribution in [2.75, 3.05) is 18.8 Å². The van der Waals surface area contributed by atoms with Gasteiger partial charge in [0.25, 0.3) is 0 Å². The molecule has 0 unspecified atom stereocenters. The summed E-state index contributed by atoms with van der Waals surface area (Å²) in [6, 6.07) is 6.40. The molecule has 2 N–H and O–H groups in total. The summed E-state index contributed by atoms with van der Waals surface area (Å²) in [5.41, 5.74) is 6.05. The summed E-state index contributed by atoms with van der Waals surface area (Å²) < 4.78 is 25.8. The quantitative estimate of drug-likeness (QED) is 0.799. The summed E-state index contributed by atoms with van der Waals surface area (Å²) in [6.07, 6.45) is 0.801. The minimum atomic E-state index is -3.38. The molecule has 5 heteroatoms. The van der Waals surface area contributed by atoms with Crippen LogP contribution in [-0.4, -0.2) is 25.8 Å². The average Bonchev–Trinajstić information content (AvgIpc) is 2.25. The molecule has 0 aliphatic heterocycles. The average molecular weight is 242 g/mol. The summed E-state index contributed by atoms with van der Waals surface area (Å²) in [5, 5.41) is 0. The van der Waals surface area contributed by atoms with Crippen molar-refractivity contribution in [2.45, 2.75) is 25.2 Å². The predicted molar refractivity (Wildman–Crippen MR) is 65.6 cm³/mol. The zero-order chi connectivity index (χ0) is 12.2. The lowest BCUT2D eigenvalue weighted by molar-refractivity contribution is 0.427. The van der Waals surface area contributed by atoms with E-state index >= 15 is 0 Å². The second-order valence-corrected chi connectivity index (χ2v) is 5.51. The van der Waals surface area contributed by atoms with Crippen LogP contribution in [0, 0.1) is 0 Å². The maximum Gasteiger partial charge on any atom is 0.243 e. The fourth-order valence-electron chi connectivity index (χ4n) is 1.52. The summed E-state index contributed by atoms with van der Waals surface area (Å²) in [7, 11) is -3.38. The van der Waals surface area contributed by atoms with Crippen LogP contribution in [0.3, 0.4) is 0 Å². The Bertz CT molecular complexity index is 443. The van der Waals surface area contributed by atoms with Crippen molar-refractivity contribution in [3.05, 3.63) is 24.3 Å². The van der Waals surface area contributed by atoms with E-state index in [1.54, 1.807) is 18.2 Å². The molecule has 0 amide bonds. The van der Waals surface area contributed by atoms with Gasteiger partial charge in [-0.05, 0) is 24.6 Å². The van der Waals surface area contributed by atoms with E-state index in [2.05, 4.69) is 0 Å². The number of nitrogens with two attached hydrogens (primary N) is 1. The molecule has 0 bridgehead atoms. The maximum absolute atomic E-state index is 12.2. The van der Waals surface area contributed by atoms with E-state index in [9.17, 15) is 8.42 Å². The summed E-state index contributed by atoms with van der Waals surface area (Å²) in [4.78, 5) is 0.266. The van der Waals surface area contributed by atoms with Crippen LogP contribution in [-0.2, 0) is 10.0 Å². The third-order valence-electron chi connectivity index (χ3n) is 2.32. The van der Waals surface area contributed by atoms with Crippen molar-refractivity contribution in [3.63, 3.8) is 0 Å². The summed E-state index contributed by atoms with van der Waals surface area (Å²) >= 11 is 0. The Balaban J connectivity index is 3.09. The van der Waals surface area contributed by atoms with Gasteiger partial charge in [-0.25, -0.2) is 8.42 Å². The van der Waals surface area contributed by atoms with Gasteiger partial charge in [0, 0.05) is 18.8 Å². The van der Waals surface area contributed by atoms with Gasteiger partial charge in [-0.2, -0.15) is 4.31 Å². The third-order valence-corrected chi connectivity index (χ3v) is 4.29. The number of hydrogen-bond acceptors (Lipinski definition) is 3. The zero-order valence-electron chi connectivity index (χ0n) is 9.68. The van der Waals surface area contributed by atoms with Crippen molar-refractivity contribution in [2.24, 2.45) is 0 Å². The number of benzene rings is 1. The van der Waals surface area contributed by atoms with E-state index in [1.807, 2.05) is 13.8 Å². The van der Waals surface area contributed by atoms with Crippen LogP contribution < -0.4 is 5.73 Å². The van der Waals surface area contributed by atoms with Crippen molar-refractivity contribution in [3.8, 4) is 0 Å². The molecular weight excluding hydrogens is 224 g/mol. The molecule has 0 spiro atoms. The Morgan fingerprint density at radius 1 is 1.31 bits per heavy atom. The second kappa shape index (κ2) is 5.32. The Kier molecular flexibility index (Phi) is 4.32. The Morgan fingerprint density at radius 3 is 2.50 bits per heavy atom. The lowest BCUT2D eigenvalue weighted by Crippen LogP contribution is -2.31. The van der Waals surface area contributed by atoms with Crippen LogP contribution in [0.5, 0.6) is 0 Å². The van der Waals surface area contributed by atoms with Crippen LogP contribution in [0.4, 0.5) is 5.69 Å². The lowest BCUT2D eigenvalue weighted by atomic mass is 10.3. The minimum Gasteiger partial charge on any atom is -0.399 e. The topological polar surface area (TPSA) is 63.4 Å². The summed E-state index contributed by atoms with van der Waals surface area (Å²) in [5.74, 6) is 0. The number of nitrogens with zero attached hydrogens (tertiary/aromatic N) is 1. The Labute approximate surface area is 97.1 Å². The largest absolute Gasteiger partial charge is 0.399 e. The first-order valence-electron chi connectivity index (χ1n) is 5.38. The van der Waals surface area contributed by atoms with Gasteiger partial charge < -0.3 is 5.73 Å². The third kappa shape index (κ3) is 2.74. The van der Waals surface area contributed by atoms with Gasteiger partial charge in [0.1, 0.15) is 0 Å². The molecule has 1 aromatic carbocycles. The highest BCUT2D eigenvalue weighted by molar-refractivity contribution is 7.89. The molecule has 1 aromatic rings. The van der Waals surface area contributed by atoms with Crippen molar-refractivity contribution < 1.29 is 8.42 Å². The van der Waals surface area contributed by atoms with Gasteiger partial charge in [0.2, 0.25) is 10.0 Å². The van der Waals surface area contributed by atoms with E-state index in [-0.39, 0.29) is 4.90 Å². The number of nitrogen functional groups attached to an aromatic ring is 1. The van der Waals surface area contributed by atoms with E-state index < -0.39 is 10.0 Å². The Morgan fingerprint density at radius 2 is 2.00 bits per heavy atom. The molecule has 0 heterocycles. The molecule has 0 fully saturated rings. The van der Waals surface area contributed by atoms with Crippen molar-refractivity contribution in [1.82, 2.24) is 4.31 Å². The molecule has 90 valence electrons. The van der Waals surface area contributed by atoms with E-state index in [4.69, 9.17) is 5.73 Å². The first kappa shape index (κ1) is 13.0. The molecular formula is C11H18N2O2S. The van der Waals surface area contributed by atoms with Gasteiger partial charge in [-0.15, -0.1) is 0 Å². The molecule has 0 saturated carbocycles. The van der Waals surface area contributed by atoms with Crippen molar-refractivity contribution in [1.29, 1.82) is 0 Å². The van der Waals surface area contributed by atoms with Crippen LogP contribution in [0.25, 0.3) is 0 Å². The van der Waals surface area contributed by atoms with Gasteiger partial charge in [-0.3, -0.25) is 0 Å². The maximum atomic E-state index is 12.2. The number of hydrogen-bond donors (Lipinski definition) is 1. The van der Waals surface area contributed by atoms with Gasteiger partial charge in [0.15, 0.2) is 0 Å². The molecule has 0 aliphatic rings. The standard InChI is InChI=1S/C11H18N2O2S/c1-3-8-13(4-2)16(14,15)11-7-5-6-10(12)9-11/h5-7,9H,3-4,8,12H2,1-2H3. The van der Waals surface area contributed by atoms with Crippen molar-refractivity contribution >= 4 is 15.7 Å². The molecule has 0 atom stereocenters. The van der Waals surface area contributed by atoms with E-state index in [0.717, 1.165) is 6.42 Å². The highest BCUT2D eigenvalue weighted by Gasteiger charge is 2.21. The molecule has 0 aliphatic carbocycles. The predicted octanol–water partition coefficient (Wildman–Crippen LogP) is 1.69. The molecule has 0 saturated heterocycles. The van der Waals surface area contributed by atoms with E-state index in [0.29, 0.717) is 18.8 Å². The second-order valence-electron chi connectivity index (χ2n) is 3.57. The normalized spacial score (nSPS) is 11.9. The van der Waals surface area contributed by atoms with Crippen LogP contribution >= 0.6 is 0 Å². The fourth-order valence-corrected chi connectivity index (χ4v) is 3.12. The molecule has 16 heavy (non-hydrogen) atoms. The zero-order valence-corrected chi connectivity index (χ0v) is 10.5. The van der Waals surface area contributed by atoms with Gasteiger partial charge in [0.05, 0.1) is 4.90 Å². The van der Waals surface area contributed by atoms with Gasteiger partial charge in [-0.1, -0.05) is 19.9 Å². The molecule has 1 rings (SSSR count). The first-order valence-corrected chi connectivity index (χ1v) is 6.82. The molecule has 0 aromatic heterocycles. The number of anilines is 1. The molecule has 0 radical (unpaired) electrons. The lowest BCUT2D eigenvalue weighted by Gasteiger charge is -2.19. The van der Waals surface area contributed by atoms with E-state index in [1.165, 1.54) is 10.4 Å². The molecule has 4 nitrogen and oxygen atoms in total.